The molecule has 0 radical (unpaired) electrons. The van der Waals surface area contributed by atoms with Crippen LogP contribution in [0.3, 0.4) is 0 Å². The van der Waals surface area contributed by atoms with E-state index in [1.54, 1.807) is 18.0 Å². The Labute approximate surface area is 189 Å². The molecular weight excluding hydrogens is 434 g/mol. The lowest BCUT2D eigenvalue weighted by Gasteiger charge is -2.23. The van der Waals surface area contributed by atoms with Gasteiger partial charge < -0.3 is 19.6 Å². The zero-order valence-corrected chi connectivity index (χ0v) is 18.9. The number of rotatable bonds is 12. The third kappa shape index (κ3) is 6.49. The van der Waals surface area contributed by atoms with E-state index in [0.29, 0.717) is 36.8 Å². The molecule has 0 saturated heterocycles. The van der Waals surface area contributed by atoms with Crippen LogP contribution in [-0.4, -0.2) is 68.1 Å². The summed E-state index contributed by atoms with van der Waals surface area (Å²) in [5, 5.41) is 12.9. The van der Waals surface area contributed by atoms with Crippen molar-refractivity contribution in [2.45, 2.75) is 32.8 Å². The molecular formula is C21H27N5O5S. The number of esters is 1. The molecule has 10 nitrogen and oxygen atoms in total. The smallest absolute Gasteiger partial charge is 0.306 e. The molecule has 32 heavy (non-hydrogen) atoms. The normalized spacial score (nSPS) is 12.1. The van der Waals surface area contributed by atoms with Crippen LogP contribution in [-0.2, 0) is 16.0 Å². The number of nitrogens with one attached hydrogen (secondary N) is 2. The van der Waals surface area contributed by atoms with Crippen LogP contribution in [0.1, 0.15) is 36.5 Å². The topological polar surface area (TPSA) is 130 Å². The Hall–Kier alpha value is -3.02. The summed E-state index contributed by atoms with van der Waals surface area (Å²) in [6.45, 7) is 4.58. The molecule has 3 aromatic rings. The fourth-order valence-corrected chi connectivity index (χ4v) is 3.59. The minimum Gasteiger partial charge on any atom is -0.473 e. The Bertz CT molecular complexity index is 1000. The van der Waals surface area contributed by atoms with Crippen LogP contribution in [0, 0.1) is 0 Å². The highest BCUT2D eigenvalue weighted by Gasteiger charge is 2.18. The first-order valence-electron chi connectivity index (χ1n) is 10.4. The largest absolute Gasteiger partial charge is 0.473 e. The number of hydrogen-bond donors (Lipinski definition) is 3. The van der Waals surface area contributed by atoms with E-state index in [2.05, 4.69) is 19.2 Å². The monoisotopic (exact) mass is 461 g/mol. The lowest BCUT2D eigenvalue weighted by Crippen LogP contribution is -2.47. The van der Waals surface area contributed by atoms with Crippen LogP contribution in [0.5, 0.6) is 5.88 Å². The number of aromatic nitrogens is 3. The van der Waals surface area contributed by atoms with E-state index in [0.717, 1.165) is 22.6 Å². The van der Waals surface area contributed by atoms with Crippen molar-refractivity contribution in [3.8, 4) is 5.88 Å². The Balaban J connectivity index is 1.48. The highest BCUT2D eigenvalue weighted by molar-refractivity contribution is 6.99. The molecule has 2 heterocycles. The van der Waals surface area contributed by atoms with Crippen molar-refractivity contribution in [3.05, 3.63) is 41.7 Å². The third-order valence-electron chi connectivity index (χ3n) is 4.65. The van der Waals surface area contributed by atoms with Crippen molar-refractivity contribution in [1.29, 1.82) is 0 Å². The average molecular weight is 462 g/mol. The number of amides is 1. The average Bonchev–Trinajstić information content (AvgIpc) is 3.42. The number of ether oxygens (including phenoxy) is 2. The minimum atomic E-state index is -0.877. The molecule has 0 aliphatic carbocycles. The van der Waals surface area contributed by atoms with E-state index in [1.807, 2.05) is 31.2 Å². The van der Waals surface area contributed by atoms with Crippen LogP contribution in [0.15, 0.2) is 30.3 Å². The quantitative estimate of drug-likeness (QED) is 0.276. The first kappa shape index (κ1) is 23.6. The van der Waals surface area contributed by atoms with Crippen LogP contribution in [0.25, 0.3) is 10.9 Å². The number of nitrogens with zero attached hydrogens (tertiary/aromatic N) is 3. The first-order chi connectivity index (χ1) is 15.5. The number of H-pyrrole nitrogens is 1. The van der Waals surface area contributed by atoms with Gasteiger partial charge in [-0.2, -0.15) is 4.37 Å². The summed E-state index contributed by atoms with van der Waals surface area (Å²) in [6.07, 6.45) is -0.346. The van der Waals surface area contributed by atoms with Gasteiger partial charge in [0, 0.05) is 30.4 Å². The second-order valence-electron chi connectivity index (χ2n) is 7.04. The van der Waals surface area contributed by atoms with Crippen LogP contribution in [0.2, 0.25) is 0 Å². The van der Waals surface area contributed by atoms with Crippen molar-refractivity contribution in [2.75, 3.05) is 26.3 Å². The maximum absolute atomic E-state index is 12.6. The number of fused-ring (bicyclic) bond motifs is 1. The first-order valence-corrected chi connectivity index (χ1v) is 11.1. The fourth-order valence-electron chi connectivity index (χ4n) is 3.05. The van der Waals surface area contributed by atoms with E-state index in [1.165, 1.54) is 0 Å². The van der Waals surface area contributed by atoms with Gasteiger partial charge in [-0.3, -0.25) is 15.0 Å². The maximum atomic E-state index is 12.6. The van der Waals surface area contributed by atoms with E-state index in [-0.39, 0.29) is 31.4 Å². The summed E-state index contributed by atoms with van der Waals surface area (Å²) in [6, 6.07) is 9.42. The van der Waals surface area contributed by atoms with Crippen LogP contribution < -0.4 is 10.2 Å². The van der Waals surface area contributed by atoms with E-state index >= 15 is 0 Å². The number of aliphatic hydroxyl groups is 1. The Morgan fingerprint density at radius 2 is 2.09 bits per heavy atom. The van der Waals surface area contributed by atoms with Gasteiger partial charge in [0.2, 0.25) is 5.88 Å². The number of para-hydroxylation sites is 1. The lowest BCUT2D eigenvalue weighted by molar-refractivity contribution is -0.143. The van der Waals surface area contributed by atoms with Gasteiger partial charge in [0.05, 0.1) is 24.8 Å². The summed E-state index contributed by atoms with van der Waals surface area (Å²) < 4.78 is 18.7. The van der Waals surface area contributed by atoms with Gasteiger partial charge in [0.1, 0.15) is 24.1 Å². The van der Waals surface area contributed by atoms with Gasteiger partial charge in [-0.15, -0.1) is 4.37 Å². The fraction of sp³-hybridized carbons (Fsp3) is 0.429. The lowest BCUT2D eigenvalue weighted by atomic mass is 10.2. The molecule has 0 spiro atoms. The van der Waals surface area contributed by atoms with Crippen molar-refractivity contribution in [3.63, 3.8) is 0 Å². The molecule has 0 saturated carbocycles. The highest BCUT2D eigenvalue weighted by atomic mass is 32.1. The standard InChI is InChI=1S/C21H27N5O5S/c1-3-26(23-20(29)18-11-14-7-5-6-8-16(14)22-18)12-15(27)13-31-21-17(24-32-25-21)9-10-19(28)30-4-2/h5-8,11,15,22,27H,3-4,9-10,12-13H2,1-2H3,(H,23,29). The third-order valence-corrected chi connectivity index (χ3v) is 5.20. The van der Waals surface area contributed by atoms with Gasteiger partial charge >= 0.3 is 5.97 Å². The molecule has 3 N–H and O–H groups in total. The second-order valence-corrected chi connectivity index (χ2v) is 7.56. The maximum Gasteiger partial charge on any atom is 0.306 e. The van der Waals surface area contributed by atoms with Gasteiger partial charge in [0.25, 0.3) is 5.91 Å². The molecule has 0 aliphatic heterocycles. The predicted octanol–water partition coefficient (Wildman–Crippen LogP) is 1.92. The summed E-state index contributed by atoms with van der Waals surface area (Å²) in [5.41, 5.74) is 4.66. The Morgan fingerprint density at radius 1 is 1.28 bits per heavy atom. The molecule has 172 valence electrons. The molecule has 1 unspecified atom stereocenters. The zero-order chi connectivity index (χ0) is 22.9. The Kier molecular flexibility index (Phi) is 8.54. The molecule has 1 amide bonds. The summed E-state index contributed by atoms with van der Waals surface area (Å²) in [5.74, 6) is -0.305. The van der Waals surface area contributed by atoms with E-state index in [4.69, 9.17) is 9.47 Å². The van der Waals surface area contributed by atoms with Crippen molar-refractivity contribution < 1.29 is 24.2 Å². The van der Waals surface area contributed by atoms with Crippen molar-refractivity contribution in [1.82, 2.24) is 24.2 Å². The van der Waals surface area contributed by atoms with Gasteiger partial charge in [-0.1, -0.05) is 25.1 Å². The zero-order valence-electron chi connectivity index (χ0n) is 18.0. The summed E-state index contributed by atoms with van der Waals surface area (Å²) in [7, 11) is 0. The summed E-state index contributed by atoms with van der Waals surface area (Å²) >= 11 is 0.979. The van der Waals surface area contributed by atoms with Crippen molar-refractivity contribution in [2.24, 2.45) is 0 Å². The van der Waals surface area contributed by atoms with Gasteiger partial charge in [-0.25, -0.2) is 5.01 Å². The van der Waals surface area contributed by atoms with Gasteiger partial charge in [0.15, 0.2) is 0 Å². The number of benzene rings is 1. The van der Waals surface area contributed by atoms with Crippen LogP contribution in [0.4, 0.5) is 0 Å². The molecule has 1 aromatic carbocycles. The van der Waals surface area contributed by atoms with Gasteiger partial charge in [-0.05, 0) is 19.1 Å². The number of carbonyl (C=O) groups is 2. The van der Waals surface area contributed by atoms with E-state index in [9.17, 15) is 14.7 Å². The number of carbonyl (C=O) groups excluding carboxylic acids is 2. The molecule has 0 fully saturated rings. The minimum absolute atomic E-state index is 0.0312. The SMILES string of the molecule is CCOC(=O)CCc1nsnc1OCC(O)CN(CC)NC(=O)c1cc2ccccc2[nH]1. The molecule has 0 bridgehead atoms. The molecule has 3 rings (SSSR count). The van der Waals surface area contributed by atoms with E-state index < -0.39 is 6.10 Å². The number of hydrogen-bond acceptors (Lipinski definition) is 9. The number of hydrazine groups is 1. The predicted molar refractivity (Wildman–Crippen MR) is 119 cm³/mol. The second kappa shape index (κ2) is 11.6. The van der Waals surface area contributed by atoms with Crippen molar-refractivity contribution >= 4 is 34.5 Å². The number of likely N-dealkylation sites (N-methyl/N-ethyl adjacent to an activating group) is 1. The highest BCUT2D eigenvalue weighted by Crippen LogP contribution is 2.18. The molecule has 1 atom stereocenters. The molecule has 0 aliphatic rings. The molecule has 2 aromatic heterocycles. The molecule has 11 heteroatoms. The number of aromatic amines is 1. The Morgan fingerprint density at radius 3 is 2.84 bits per heavy atom. The van der Waals surface area contributed by atoms with Crippen LogP contribution >= 0.6 is 11.7 Å². The summed E-state index contributed by atoms with van der Waals surface area (Å²) in [4.78, 5) is 27.2. The number of aliphatic hydroxyl groups excluding tert-OH is 1. The number of aryl methyl sites for hydroxylation is 1.